The minimum Gasteiger partial charge on any atom is -0.497 e. The first-order valence-corrected chi connectivity index (χ1v) is 10.1. The molecule has 8 heteroatoms. The van der Waals surface area contributed by atoms with Crippen molar-refractivity contribution >= 4 is 23.2 Å². The second-order valence-corrected chi connectivity index (χ2v) is 8.08. The minimum absolute atomic E-state index is 0.124. The van der Waals surface area contributed by atoms with Gasteiger partial charge in [-0.05, 0) is 36.4 Å². The van der Waals surface area contributed by atoms with Crippen LogP contribution < -0.4 is 24.4 Å². The van der Waals surface area contributed by atoms with Crippen LogP contribution in [0.15, 0.2) is 54.6 Å². The highest BCUT2D eigenvalue weighted by molar-refractivity contribution is 6.05. The summed E-state index contributed by atoms with van der Waals surface area (Å²) in [4.78, 5) is 28.3. The van der Waals surface area contributed by atoms with Crippen LogP contribution in [0.1, 0.15) is 0 Å². The molecule has 1 spiro atoms. The van der Waals surface area contributed by atoms with Gasteiger partial charge >= 0.3 is 0 Å². The Hall–Kier alpha value is -3.52. The third-order valence-electron chi connectivity index (χ3n) is 6.43. The summed E-state index contributed by atoms with van der Waals surface area (Å²) in [5, 5.41) is 2.92. The molecule has 0 radical (unpaired) electrons. The first-order chi connectivity index (χ1) is 15.1. The van der Waals surface area contributed by atoms with E-state index in [1.54, 1.807) is 48.4 Å². The van der Waals surface area contributed by atoms with E-state index in [-0.39, 0.29) is 18.6 Å². The van der Waals surface area contributed by atoms with E-state index >= 15 is 0 Å². The Morgan fingerprint density at radius 1 is 1.16 bits per heavy atom. The molecule has 31 heavy (non-hydrogen) atoms. The number of carbonyl (C=O) groups excluding carboxylic acids is 2. The van der Waals surface area contributed by atoms with Crippen molar-refractivity contribution in [1.29, 1.82) is 0 Å². The Morgan fingerprint density at radius 3 is 2.77 bits per heavy atom. The smallest absolute Gasteiger partial charge is 0.234 e. The molecule has 2 aromatic carbocycles. The van der Waals surface area contributed by atoms with Gasteiger partial charge in [0, 0.05) is 17.4 Å². The number of fused-ring (bicyclic) bond motifs is 2. The van der Waals surface area contributed by atoms with Crippen LogP contribution in [0.5, 0.6) is 17.2 Å². The highest BCUT2D eigenvalue weighted by Gasteiger charge is 2.67. The van der Waals surface area contributed by atoms with E-state index in [2.05, 4.69) is 5.32 Å². The molecule has 2 amide bonds. The predicted octanol–water partition coefficient (Wildman–Crippen LogP) is 2.35. The van der Waals surface area contributed by atoms with Gasteiger partial charge < -0.3 is 29.2 Å². The second kappa shape index (κ2) is 6.49. The number of nitrogens with zero attached hydrogens (tertiary/aromatic N) is 1. The molecule has 0 unspecified atom stereocenters. The SMILES string of the molecule is COc1ccc(NC(=O)[C@H]2[C@H]3C(=O)N(c4ccc5c(c4)OCO5)C[C@]34C=C[C@H]2O4)cc1. The van der Waals surface area contributed by atoms with Crippen molar-refractivity contribution < 1.29 is 28.5 Å². The normalized spacial score (nSPS) is 29.4. The van der Waals surface area contributed by atoms with Crippen LogP contribution in [0.3, 0.4) is 0 Å². The fourth-order valence-corrected chi connectivity index (χ4v) is 4.97. The largest absolute Gasteiger partial charge is 0.497 e. The molecule has 2 aromatic rings. The van der Waals surface area contributed by atoms with Gasteiger partial charge in [-0.25, -0.2) is 0 Å². The van der Waals surface area contributed by atoms with Gasteiger partial charge in [-0.2, -0.15) is 0 Å². The van der Waals surface area contributed by atoms with Crippen LogP contribution in [0.25, 0.3) is 0 Å². The summed E-state index contributed by atoms with van der Waals surface area (Å²) in [5.74, 6) is 0.433. The van der Waals surface area contributed by atoms with E-state index in [1.165, 1.54) is 0 Å². The number of methoxy groups -OCH3 is 1. The van der Waals surface area contributed by atoms with E-state index < -0.39 is 23.5 Å². The second-order valence-electron chi connectivity index (χ2n) is 8.08. The van der Waals surface area contributed by atoms with Crippen molar-refractivity contribution in [3.05, 3.63) is 54.6 Å². The molecule has 4 aliphatic rings. The number of amides is 2. The maximum Gasteiger partial charge on any atom is 0.234 e. The van der Waals surface area contributed by atoms with Crippen molar-refractivity contribution in [2.75, 3.05) is 30.7 Å². The van der Waals surface area contributed by atoms with E-state index in [9.17, 15) is 9.59 Å². The summed E-state index contributed by atoms with van der Waals surface area (Å²) in [6.07, 6.45) is 3.42. The lowest BCUT2D eigenvalue weighted by atomic mass is 9.77. The van der Waals surface area contributed by atoms with E-state index in [0.717, 1.165) is 0 Å². The predicted molar refractivity (Wildman–Crippen MR) is 110 cm³/mol. The Bertz CT molecular complexity index is 1110. The fraction of sp³-hybridized carbons (Fsp3) is 0.304. The van der Waals surface area contributed by atoms with Crippen LogP contribution in [0, 0.1) is 11.8 Å². The highest BCUT2D eigenvalue weighted by Crippen LogP contribution is 2.53. The molecule has 4 heterocycles. The monoisotopic (exact) mass is 420 g/mol. The molecule has 2 saturated heterocycles. The number of benzene rings is 2. The van der Waals surface area contributed by atoms with Crippen LogP contribution in [0.4, 0.5) is 11.4 Å². The molecule has 0 aromatic heterocycles. The fourth-order valence-electron chi connectivity index (χ4n) is 4.97. The maximum atomic E-state index is 13.5. The zero-order valence-corrected chi connectivity index (χ0v) is 16.7. The lowest BCUT2D eigenvalue weighted by Crippen LogP contribution is -2.41. The van der Waals surface area contributed by atoms with Crippen molar-refractivity contribution in [3.8, 4) is 17.2 Å². The summed E-state index contributed by atoms with van der Waals surface area (Å²) in [6.45, 7) is 0.524. The van der Waals surface area contributed by atoms with Crippen LogP contribution in [0.2, 0.25) is 0 Å². The van der Waals surface area contributed by atoms with Gasteiger partial charge in [0.1, 0.15) is 11.4 Å². The molecular weight excluding hydrogens is 400 g/mol. The third kappa shape index (κ3) is 2.64. The maximum absolute atomic E-state index is 13.5. The number of anilines is 2. The molecule has 0 saturated carbocycles. The van der Waals surface area contributed by atoms with Gasteiger partial charge in [0.05, 0.1) is 31.6 Å². The molecule has 2 bridgehead atoms. The molecular formula is C23H20N2O6. The van der Waals surface area contributed by atoms with Crippen LogP contribution >= 0.6 is 0 Å². The summed E-state index contributed by atoms with van der Waals surface area (Å²) in [6, 6.07) is 12.5. The summed E-state index contributed by atoms with van der Waals surface area (Å²) >= 11 is 0. The average Bonchev–Trinajstić information content (AvgIpc) is 3.54. The average molecular weight is 420 g/mol. The lowest BCUT2D eigenvalue weighted by molar-refractivity contribution is -0.128. The molecule has 4 aliphatic heterocycles. The lowest BCUT2D eigenvalue weighted by Gasteiger charge is -2.23. The number of ether oxygens (including phenoxy) is 4. The number of nitrogens with one attached hydrogen (secondary N) is 1. The van der Waals surface area contributed by atoms with Gasteiger partial charge in [-0.1, -0.05) is 12.2 Å². The van der Waals surface area contributed by atoms with Crippen molar-refractivity contribution in [1.82, 2.24) is 0 Å². The molecule has 4 atom stereocenters. The Morgan fingerprint density at radius 2 is 1.97 bits per heavy atom. The zero-order chi connectivity index (χ0) is 21.2. The molecule has 2 fully saturated rings. The third-order valence-corrected chi connectivity index (χ3v) is 6.43. The molecule has 6 rings (SSSR count). The molecule has 8 nitrogen and oxygen atoms in total. The van der Waals surface area contributed by atoms with E-state index in [4.69, 9.17) is 18.9 Å². The van der Waals surface area contributed by atoms with Gasteiger partial charge in [0.25, 0.3) is 0 Å². The number of hydrogen-bond donors (Lipinski definition) is 1. The minimum atomic E-state index is -0.792. The first-order valence-electron chi connectivity index (χ1n) is 10.1. The molecule has 158 valence electrons. The Balaban J connectivity index is 1.27. The molecule has 0 aliphatic carbocycles. The summed E-state index contributed by atoms with van der Waals surface area (Å²) in [7, 11) is 1.59. The van der Waals surface area contributed by atoms with Gasteiger partial charge in [0.15, 0.2) is 11.5 Å². The van der Waals surface area contributed by atoms with Crippen molar-refractivity contribution in [2.45, 2.75) is 11.7 Å². The van der Waals surface area contributed by atoms with Crippen molar-refractivity contribution in [3.63, 3.8) is 0 Å². The van der Waals surface area contributed by atoms with Crippen molar-refractivity contribution in [2.24, 2.45) is 11.8 Å². The summed E-state index contributed by atoms with van der Waals surface area (Å²) in [5.41, 5.74) is 0.553. The Kier molecular flexibility index (Phi) is 3.82. The topological polar surface area (TPSA) is 86.3 Å². The Labute approximate surface area is 178 Å². The van der Waals surface area contributed by atoms with E-state index in [0.29, 0.717) is 35.2 Å². The van der Waals surface area contributed by atoms with Gasteiger partial charge in [-0.15, -0.1) is 0 Å². The van der Waals surface area contributed by atoms with E-state index in [1.807, 2.05) is 18.2 Å². The van der Waals surface area contributed by atoms with Crippen LogP contribution in [-0.2, 0) is 14.3 Å². The standard InChI is InChI=1S/C23H20N2O6/c1-28-15-5-2-13(3-6-15)24-21(26)19-17-8-9-23(31-17)11-25(22(27)20(19)23)14-4-7-16-18(10-14)30-12-29-16/h2-10,17,19-20H,11-12H2,1H3,(H,24,26)/t17-,19-,20+,23-/m1/s1. The van der Waals surface area contributed by atoms with Gasteiger partial charge in [-0.3, -0.25) is 9.59 Å². The zero-order valence-electron chi connectivity index (χ0n) is 16.7. The highest BCUT2D eigenvalue weighted by atomic mass is 16.7. The molecule has 1 N–H and O–H groups in total. The number of carbonyl (C=O) groups is 2. The number of hydrogen-bond acceptors (Lipinski definition) is 6. The number of rotatable bonds is 4. The quantitative estimate of drug-likeness (QED) is 0.765. The van der Waals surface area contributed by atoms with Gasteiger partial charge in [0.2, 0.25) is 18.6 Å². The first kappa shape index (κ1) is 18.3. The van der Waals surface area contributed by atoms with Crippen LogP contribution in [-0.4, -0.2) is 44.0 Å². The summed E-state index contributed by atoms with van der Waals surface area (Å²) < 4.78 is 22.2.